The minimum atomic E-state index is -0.993. The van der Waals surface area contributed by atoms with E-state index in [0.29, 0.717) is 17.3 Å². The van der Waals surface area contributed by atoms with E-state index in [2.05, 4.69) is 15.9 Å². The zero-order valence-electron chi connectivity index (χ0n) is 10.7. The lowest BCUT2D eigenvalue weighted by atomic mass is 9.99. The molecule has 1 aromatic rings. The van der Waals surface area contributed by atoms with Crippen LogP contribution in [0.15, 0.2) is 16.6 Å². The van der Waals surface area contributed by atoms with Crippen molar-refractivity contribution in [3.05, 3.63) is 31.7 Å². The molecule has 1 aromatic carbocycles. The van der Waals surface area contributed by atoms with E-state index in [-0.39, 0.29) is 23.1 Å². The number of nitro benzene ring substituents is 1. The van der Waals surface area contributed by atoms with Crippen molar-refractivity contribution in [3.8, 4) is 5.75 Å². The van der Waals surface area contributed by atoms with E-state index in [1.165, 1.54) is 12.1 Å². The van der Waals surface area contributed by atoms with E-state index in [4.69, 9.17) is 16.3 Å². The van der Waals surface area contributed by atoms with Gasteiger partial charge in [-0.1, -0.05) is 25.4 Å². The minimum absolute atomic E-state index is 0.0128. The minimum Gasteiger partial charge on any atom is -0.483 e. The normalized spacial score (nSPS) is 11.4. The molecule has 19 heavy (non-hydrogen) atoms. The van der Waals surface area contributed by atoms with Crippen molar-refractivity contribution in [2.45, 2.75) is 32.3 Å². The number of aliphatic hydroxyl groups is 1. The highest BCUT2D eigenvalue weighted by atomic mass is 79.9. The third-order valence-electron chi connectivity index (χ3n) is 2.99. The van der Waals surface area contributed by atoms with Gasteiger partial charge in [0.15, 0.2) is 0 Å². The van der Waals surface area contributed by atoms with Crippen LogP contribution in [0.5, 0.6) is 5.75 Å². The molecule has 0 aromatic heterocycles. The van der Waals surface area contributed by atoms with Gasteiger partial charge in [-0.05, 0) is 34.8 Å². The van der Waals surface area contributed by atoms with Gasteiger partial charge in [0.2, 0.25) is 5.75 Å². The third-order valence-corrected chi connectivity index (χ3v) is 3.79. The van der Waals surface area contributed by atoms with Gasteiger partial charge in [0.05, 0.1) is 15.0 Å². The Balaban J connectivity index is 3.04. The molecule has 0 aliphatic rings. The Morgan fingerprint density at radius 3 is 2.53 bits per heavy atom. The number of benzene rings is 1. The molecule has 7 heteroatoms. The van der Waals surface area contributed by atoms with Gasteiger partial charge < -0.3 is 9.84 Å². The lowest BCUT2D eigenvalue weighted by Gasteiger charge is -2.25. The molecule has 1 N–H and O–H groups in total. The van der Waals surface area contributed by atoms with Gasteiger partial charge in [-0.25, -0.2) is 0 Å². The number of hydrogen-bond acceptors (Lipinski definition) is 4. The maximum atomic E-state index is 11.0. The highest BCUT2D eigenvalue weighted by molar-refractivity contribution is 9.10. The SMILES string of the molecule is CCC(O)(CC)COc1c(Br)cc(Cl)cc1[N+](=O)[O-]. The molecule has 5 nitrogen and oxygen atoms in total. The van der Waals surface area contributed by atoms with Crippen molar-refractivity contribution >= 4 is 33.2 Å². The number of ether oxygens (including phenoxy) is 1. The second-order valence-electron chi connectivity index (χ2n) is 4.21. The number of halogens is 2. The highest BCUT2D eigenvalue weighted by Gasteiger charge is 2.27. The second-order valence-corrected chi connectivity index (χ2v) is 5.50. The van der Waals surface area contributed by atoms with Crippen LogP contribution < -0.4 is 4.74 Å². The van der Waals surface area contributed by atoms with Gasteiger partial charge in [-0.15, -0.1) is 0 Å². The Bertz CT molecular complexity index is 477. The fourth-order valence-corrected chi connectivity index (χ4v) is 2.39. The van der Waals surface area contributed by atoms with Crippen molar-refractivity contribution in [2.24, 2.45) is 0 Å². The van der Waals surface area contributed by atoms with Crippen molar-refractivity contribution in [1.29, 1.82) is 0 Å². The van der Waals surface area contributed by atoms with Gasteiger partial charge >= 0.3 is 5.69 Å². The molecule has 0 spiro atoms. The monoisotopic (exact) mass is 351 g/mol. The van der Waals surface area contributed by atoms with Crippen LogP contribution in [-0.4, -0.2) is 22.2 Å². The fraction of sp³-hybridized carbons (Fsp3) is 0.500. The van der Waals surface area contributed by atoms with Crippen molar-refractivity contribution in [3.63, 3.8) is 0 Å². The van der Waals surface area contributed by atoms with Gasteiger partial charge in [-0.3, -0.25) is 10.1 Å². The maximum absolute atomic E-state index is 11.0. The van der Waals surface area contributed by atoms with Gasteiger partial charge in [0, 0.05) is 11.1 Å². The Morgan fingerprint density at radius 2 is 2.05 bits per heavy atom. The van der Waals surface area contributed by atoms with Crippen molar-refractivity contribution in [2.75, 3.05) is 6.61 Å². The summed E-state index contributed by atoms with van der Waals surface area (Å²) in [7, 11) is 0. The summed E-state index contributed by atoms with van der Waals surface area (Å²) in [6.07, 6.45) is 1.00. The first kappa shape index (κ1) is 16.2. The van der Waals surface area contributed by atoms with E-state index in [1.54, 1.807) is 0 Å². The molecule has 0 heterocycles. The molecule has 0 atom stereocenters. The number of hydrogen-bond donors (Lipinski definition) is 1. The van der Waals surface area contributed by atoms with Gasteiger partial charge in [0.1, 0.15) is 6.61 Å². The third kappa shape index (κ3) is 4.06. The summed E-state index contributed by atoms with van der Waals surface area (Å²) in [4.78, 5) is 10.4. The van der Waals surface area contributed by atoms with Crippen LogP contribution in [0, 0.1) is 10.1 Å². The number of nitrogens with zero attached hydrogens (tertiary/aromatic N) is 1. The summed E-state index contributed by atoms with van der Waals surface area (Å²) in [5.41, 5.74) is -1.22. The van der Waals surface area contributed by atoms with Gasteiger partial charge in [0.25, 0.3) is 0 Å². The van der Waals surface area contributed by atoms with Crippen LogP contribution in [0.25, 0.3) is 0 Å². The quantitative estimate of drug-likeness (QED) is 0.621. The highest BCUT2D eigenvalue weighted by Crippen LogP contribution is 2.38. The molecule has 1 rings (SSSR count). The second kappa shape index (κ2) is 6.54. The standard InChI is InChI=1S/C12H15BrClNO4/c1-3-12(16,4-2)7-19-11-9(13)5-8(14)6-10(11)15(17)18/h5-6,16H,3-4,7H2,1-2H3. The average Bonchev–Trinajstić information content (AvgIpc) is 2.36. The molecule has 106 valence electrons. The van der Waals surface area contributed by atoms with Crippen LogP contribution in [0.4, 0.5) is 5.69 Å². The van der Waals surface area contributed by atoms with Crippen LogP contribution >= 0.6 is 27.5 Å². The molecule has 0 aliphatic carbocycles. The molecule has 0 unspecified atom stereocenters. The lowest BCUT2D eigenvalue weighted by Crippen LogP contribution is -2.34. The molecule has 0 saturated carbocycles. The molecular weight excluding hydrogens is 337 g/mol. The Hall–Kier alpha value is -0.850. The van der Waals surface area contributed by atoms with Crippen molar-refractivity contribution < 1.29 is 14.8 Å². The zero-order valence-corrected chi connectivity index (χ0v) is 13.0. The molecule has 0 fully saturated rings. The van der Waals surface area contributed by atoms with Gasteiger partial charge in [-0.2, -0.15) is 0 Å². The average molecular weight is 353 g/mol. The first-order valence-corrected chi connectivity index (χ1v) is 6.98. The topological polar surface area (TPSA) is 72.6 Å². The fourth-order valence-electron chi connectivity index (χ4n) is 1.49. The van der Waals surface area contributed by atoms with E-state index in [1.807, 2.05) is 13.8 Å². The molecule has 0 amide bonds. The van der Waals surface area contributed by atoms with E-state index in [0.717, 1.165) is 0 Å². The van der Waals surface area contributed by atoms with Crippen molar-refractivity contribution in [1.82, 2.24) is 0 Å². The maximum Gasteiger partial charge on any atom is 0.313 e. The smallest absolute Gasteiger partial charge is 0.313 e. The summed E-state index contributed by atoms with van der Waals surface area (Å²) in [5, 5.41) is 21.3. The van der Waals surface area contributed by atoms with E-state index in [9.17, 15) is 15.2 Å². The number of nitro groups is 1. The molecule has 0 saturated heterocycles. The van der Waals surface area contributed by atoms with E-state index >= 15 is 0 Å². The summed E-state index contributed by atoms with van der Waals surface area (Å²) >= 11 is 8.95. The van der Waals surface area contributed by atoms with Crippen LogP contribution in [0.2, 0.25) is 5.02 Å². The summed E-state index contributed by atoms with van der Waals surface area (Å²) < 4.78 is 5.82. The van der Waals surface area contributed by atoms with E-state index < -0.39 is 10.5 Å². The first-order chi connectivity index (χ1) is 8.83. The summed E-state index contributed by atoms with van der Waals surface area (Å²) in [6.45, 7) is 3.65. The molecule has 0 radical (unpaired) electrons. The predicted molar refractivity (Wildman–Crippen MR) is 76.8 cm³/mol. The van der Waals surface area contributed by atoms with Crippen LogP contribution in [-0.2, 0) is 0 Å². The Morgan fingerprint density at radius 1 is 1.47 bits per heavy atom. The summed E-state index contributed by atoms with van der Waals surface area (Å²) in [5.74, 6) is 0.0784. The Kier molecular flexibility index (Phi) is 5.58. The van der Waals surface area contributed by atoms with Crippen LogP contribution in [0.3, 0.4) is 0 Å². The largest absolute Gasteiger partial charge is 0.483 e. The molecule has 0 aliphatic heterocycles. The molecule has 0 bridgehead atoms. The lowest BCUT2D eigenvalue weighted by molar-refractivity contribution is -0.386. The molecular formula is C12H15BrClNO4. The zero-order chi connectivity index (χ0) is 14.6. The van der Waals surface area contributed by atoms with Crippen LogP contribution in [0.1, 0.15) is 26.7 Å². The first-order valence-electron chi connectivity index (χ1n) is 5.81. The predicted octanol–water partition coefficient (Wildman–Crippen LogP) is 3.94. The number of rotatable bonds is 6. The Labute approximate surface area is 124 Å². The summed E-state index contributed by atoms with van der Waals surface area (Å²) in [6, 6.07) is 2.74.